The Balaban J connectivity index is 1.76. The number of thioether (sulfide) groups is 1. The number of rotatable bonds is 8. The number of esters is 1. The highest BCUT2D eigenvalue weighted by atomic mass is 32.2. The summed E-state index contributed by atoms with van der Waals surface area (Å²) in [6, 6.07) is 13.9. The molecule has 0 aromatic heterocycles. The molecule has 0 saturated carbocycles. The first-order chi connectivity index (χ1) is 17.8. The maximum atomic E-state index is 13.8. The summed E-state index contributed by atoms with van der Waals surface area (Å²) in [5, 5.41) is 3.42. The smallest absolute Gasteiger partial charge is 0.337 e. The van der Waals surface area contributed by atoms with E-state index in [1.807, 2.05) is 69.5 Å². The van der Waals surface area contributed by atoms with Crippen LogP contribution in [0.15, 0.2) is 69.9 Å². The van der Waals surface area contributed by atoms with Gasteiger partial charge in [0.1, 0.15) is 0 Å². The average molecular weight is 522 g/mol. The largest absolute Gasteiger partial charge is 0.493 e. The first kappa shape index (κ1) is 26.9. The van der Waals surface area contributed by atoms with Crippen LogP contribution in [-0.2, 0) is 14.3 Å². The van der Waals surface area contributed by atoms with E-state index in [-0.39, 0.29) is 23.8 Å². The second kappa shape index (κ2) is 11.5. The number of ketones is 1. The summed E-state index contributed by atoms with van der Waals surface area (Å²) in [5.41, 5.74) is 4.70. The predicted octanol–water partition coefficient (Wildman–Crippen LogP) is 6.13. The summed E-state index contributed by atoms with van der Waals surface area (Å²) in [4.78, 5) is 28.3. The number of allylic oxidation sites excluding steroid dienone is 3. The van der Waals surface area contributed by atoms with Crippen molar-refractivity contribution in [1.29, 1.82) is 0 Å². The molecule has 2 aromatic carbocycles. The lowest BCUT2D eigenvalue weighted by atomic mass is 9.71. The Bertz CT molecular complexity index is 1250. The summed E-state index contributed by atoms with van der Waals surface area (Å²) in [6.45, 7) is 5.76. The number of nitrogens with one attached hydrogen (secondary N) is 1. The molecule has 0 bridgehead atoms. The molecule has 196 valence electrons. The molecule has 0 unspecified atom stereocenters. The summed E-state index contributed by atoms with van der Waals surface area (Å²) >= 11 is 1.66. The van der Waals surface area contributed by atoms with Crippen LogP contribution < -0.4 is 14.8 Å². The summed E-state index contributed by atoms with van der Waals surface area (Å²) in [7, 11) is 3.22. The zero-order valence-corrected chi connectivity index (χ0v) is 23.2. The number of benzene rings is 2. The van der Waals surface area contributed by atoms with Crippen LogP contribution >= 0.6 is 11.8 Å². The molecule has 3 atom stereocenters. The summed E-state index contributed by atoms with van der Waals surface area (Å²) < 4.78 is 16.6. The molecule has 2 aromatic rings. The van der Waals surface area contributed by atoms with E-state index < -0.39 is 5.92 Å². The number of hydrogen-bond acceptors (Lipinski definition) is 7. The summed E-state index contributed by atoms with van der Waals surface area (Å²) in [5.74, 6) is 0.471. The minimum absolute atomic E-state index is 0.0144. The third-order valence-corrected chi connectivity index (χ3v) is 8.00. The Morgan fingerprint density at radius 1 is 1.05 bits per heavy atom. The third kappa shape index (κ3) is 5.42. The van der Waals surface area contributed by atoms with E-state index in [0.717, 1.165) is 33.8 Å². The van der Waals surface area contributed by atoms with Crippen molar-refractivity contribution in [2.75, 3.05) is 20.5 Å². The van der Waals surface area contributed by atoms with Crippen molar-refractivity contribution in [3.05, 3.63) is 76.1 Å². The van der Waals surface area contributed by atoms with E-state index in [1.54, 1.807) is 26.0 Å². The SMILES string of the molecule is CC[C@@H](C)OC(=O)C1=C(C)NC2=C(C(=O)C[C@@H](c3ccc(OC)c(OC)c3)C2)[C@@H]1c1ccc(SC)cc1. The fourth-order valence-corrected chi connectivity index (χ4v) is 5.52. The minimum Gasteiger partial charge on any atom is -0.493 e. The van der Waals surface area contributed by atoms with E-state index in [1.165, 1.54) is 0 Å². The number of methoxy groups -OCH3 is 2. The van der Waals surface area contributed by atoms with E-state index in [9.17, 15) is 9.59 Å². The highest BCUT2D eigenvalue weighted by Crippen LogP contribution is 2.46. The Labute approximate surface area is 223 Å². The second-order valence-electron chi connectivity index (χ2n) is 9.53. The normalized spacial score (nSPS) is 20.2. The fraction of sp³-hybridized carbons (Fsp3) is 0.400. The molecule has 1 heterocycles. The van der Waals surface area contributed by atoms with Gasteiger partial charge in [0.05, 0.1) is 25.9 Å². The van der Waals surface area contributed by atoms with Crippen LogP contribution in [0.25, 0.3) is 0 Å². The van der Waals surface area contributed by atoms with Crippen molar-refractivity contribution in [2.45, 2.75) is 62.9 Å². The van der Waals surface area contributed by atoms with E-state index in [2.05, 4.69) is 5.32 Å². The maximum absolute atomic E-state index is 13.8. The molecule has 6 nitrogen and oxygen atoms in total. The van der Waals surface area contributed by atoms with Gasteiger partial charge in [-0.25, -0.2) is 4.79 Å². The molecule has 4 rings (SSSR count). The molecule has 7 heteroatoms. The van der Waals surface area contributed by atoms with Gasteiger partial charge in [-0.3, -0.25) is 4.79 Å². The quantitative estimate of drug-likeness (QED) is 0.331. The second-order valence-corrected chi connectivity index (χ2v) is 10.4. The van der Waals surface area contributed by atoms with Gasteiger partial charge in [-0.15, -0.1) is 11.8 Å². The molecular formula is C30H35NO5S. The lowest BCUT2D eigenvalue weighted by Gasteiger charge is -2.37. The third-order valence-electron chi connectivity index (χ3n) is 7.26. The summed E-state index contributed by atoms with van der Waals surface area (Å²) in [6.07, 6.45) is 3.54. The van der Waals surface area contributed by atoms with Crippen molar-refractivity contribution >= 4 is 23.5 Å². The van der Waals surface area contributed by atoms with E-state index >= 15 is 0 Å². The molecule has 0 saturated heterocycles. The van der Waals surface area contributed by atoms with E-state index in [0.29, 0.717) is 35.5 Å². The molecule has 1 N–H and O–H groups in total. The Kier molecular flexibility index (Phi) is 8.32. The fourth-order valence-electron chi connectivity index (χ4n) is 5.11. The average Bonchev–Trinajstić information content (AvgIpc) is 2.91. The van der Waals surface area contributed by atoms with Crippen molar-refractivity contribution < 1.29 is 23.8 Å². The lowest BCUT2D eigenvalue weighted by Crippen LogP contribution is -2.36. The monoisotopic (exact) mass is 521 g/mol. The molecular weight excluding hydrogens is 486 g/mol. The van der Waals surface area contributed by atoms with Crippen LogP contribution in [0.3, 0.4) is 0 Å². The van der Waals surface area contributed by atoms with Gasteiger partial charge in [-0.2, -0.15) is 0 Å². The van der Waals surface area contributed by atoms with Gasteiger partial charge in [0, 0.05) is 34.2 Å². The molecule has 1 aliphatic heterocycles. The number of carbonyl (C=O) groups is 2. The van der Waals surface area contributed by atoms with Crippen molar-refractivity contribution in [3.8, 4) is 11.5 Å². The zero-order chi connectivity index (χ0) is 26.7. The zero-order valence-electron chi connectivity index (χ0n) is 22.3. The number of Topliss-reactive ketones (excluding diaryl/α,β-unsaturated/α-hetero) is 1. The number of dihydropyridines is 1. The number of ether oxygens (including phenoxy) is 3. The highest BCUT2D eigenvalue weighted by molar-refractivity contribution is 7.98. The Morgan fingerprint density at radius 2 is 1.73 bits per heavy atom. The molecule has 2 aliphatic rings. The first-order valence-corrected chi connectivity index (χ1v) is 13.8. The molecule has 0 spiro atoms. The standard InChI is InChI=1S/C30H35NO5S/c1-7-17(2)36-30(33)27-18(3)31-23-14-21(20-10-13-25(34-4)26(16-20)35-5)15-24(32)29(23)28(27)19-8-11-22(37-6)12-9-19/h8-13,16-17,21,28,31H,7,14-15H2,1-6H3/t17-,21+,28-/m1/s1. The van der Waals surface area contributed by atoms with Gasteiger partial charge in [-0.05, 0) is 74.3 Å². The number of carbonyl (C=O) groups excluding carboxylic acids is 2. The van der Waals surface area contributed by atoms with Gasteiger partial charge >= 0.3 is 5.97 Å². The molecule has 0 amide bonds. The maximum Gasteiger partial charge on any atom is 0.337 e. The number of hydrogen-bond donors (Lipinski definition) is 1. The Hall–Kier alpha value is -3.19. The van der Waals surface area contributed by atoms with Gasteiger partial charge in [-0.1, -0.05) is 25.1 Å². The Morgan fingerprint density at radius 3 is 2.35 bits per heavy atom. The topological polar surface area (TPSA) is 73.9 Å². The van der Waals surface area contributed by atoms with E-state index in [4.69, 9.17) is 14.2 Å². The van der Waals surface area contributed by atoms with Crippen molar-refractivity contribution in [3.63, 3.8) is 0 Å². The van der Waals surface area contributed by atoms with Crippen LogP contribution in [0.1, 0.15) is 63.0 Å². The first-order valence-electron chi connectivity index (χ1n) is 12.6. The molecule has 37 heavy (non-hydrogen) atoms. The van der Waals surface area contributed by atoms with Crippen LogP contribution in [0.5, 0.6) is 11.5 Å². The molecule has 0 fully saturated rings. The van der Waals surface area contributed by atoms with Crippen LogP contribution in [-0.4, -0.2) is 38.3 Å². The molecule has 1 aliphatic carbocycles. The minimum atomic E-state index is -0.470. The lowest BCUT2D eigenvalue weighted by molar-refractivity contribution is -0.144. The van der Waals surface area contributed by atoms with Gasteiger partial charge < -0.3 is 19.5 Å². The van der Waals surface area contributed by atoms with Crippen molar-refractivity contribution in [1.82, 2.24) is 5.32 Å². The van der Waals surface area contributed by atoms with Crippen LogP contribution in [0.4, 0.5) is 0 Å². The van der Waals surface area contributed by atoms with Gasteiger partial charge in [0.25, 0.3) is 0 Å². The van der Waals surface area contributed by atoms with Gasteiger partial charge in [0.2, 0.25) is 0 Å². The van der Waals surface area contributed by atoms with Crippen LogP contribution in [0.2, 0.25) is 0 Å². The van der Waals surface area contributed by atoms with Crippen molar-refractivity contribution in [2.24, 2.45) is 0 Å². The van der Waals surface area contributed by atoms with Gasteiger partial charge in [0.15, 0.2) is 17.3 Å². The predicted molar refractivity (Wildman–Crippen MR) is 146 cm³/mol. The van der Waals surface area contributed by atoms with Crippen LogP contribution in [0, 0.1) is 0 Å². The highest BCUT2D eigenvalue weighted by Gasteiger charge is 2.41. The molecule has 0 radical (unpaired) electrons.